The quantitative estimate of drug-likeness (QED) is 0.0323. The van der Waals surface area contributed by atoms with Gasteiger partial charge in [-0.15, -0.1) is 0 Å². The molecule has 8 amide bonds. The van der Waals surface area contributed by atoms with Gasteiger partial charge in [0.15, 0.2) is 0 Å². The molecular formula is C43H61N9O19S. The maximum atomic E-state index is 14.3. The first-order valence-electron chi connectivity index (χ1n) is 22.4. The molecule has 0 spiro atoms. The number of nitrogens with zero attached hydrogens (tertiary/aromatic N) is 1. The molecule has 29 heteroatoms. The number of nitrogens with one attached hydrogen (secondary N) is 6. The molecule has 16 N–H and O–H groups in total. The molecule has 1 aromatic rings. The van der Waals surface area contributed by atoms with E-state index in [1.807, 2.05) is 0 Å². The number of phenolic OH excluding ortho intramolecular Hbond substituents is 1. The number of rotatable bonds is 33. The van der Waals surface area contributed by atoms with Gasteiger partial charge in [0, 0.05) is 38.6 Å². The molecule has 0 radical (unpaired) electrons. The maximum absolute atomic E-state index is 14.3. The Kier molecular flexibility index (Phi) is 25.4. The molecule has 1 aromatic carbocycles. The Bertz CT molecular complexity index is 2160. The number of likely N-dealkylation sites (tertiary alicyclic amines) is 1. The predicted molar refractivity (Wildman–Crippen MR) is 248 cm³/mol. The largest absolute Gasteiger partial charge is 0.508 e. The molecule has 0 saturated carbocycles. The molecule has 0 unspecified atom stereocenters. The van der Waals surface area contributed by atoms with Gasteiger partial charge in [-0.25, -0.2) is 4.79 Å². The molecule has 1 aliphatic heterocycles. The highest BCUT2D eigenvalue weighted by Gasteiger charge is 2.41. The number of hydrogen-bond acceptors (Lipinski definition) is 16. The van der Waals surface area contributed by atoms with E-state index in [9.17, 15) is 87.9 Å². The third-order valence-corrected chi connectivity index (χ3v) is 11.6. The van der Waals surface area contributed by atoms with Gasteiger partial charge in [-0.3, -0.25) is 57.5 Å². The number of nitrogens with two attached hydrogens (primary N) is 2. The Morgan fingerprint density at radius 3 is 1.58 bits per heavy atom. The number of aromatic hydroxyl groups is 1. The number of hydrogen-bond donors (Lipinski definition) is 14. The number of primary amides is 1. The van der Waals surface area contributed by atoms with Crippen LogP contribution in [0, 0.1) is 0 Å². The first-order chi connectivity index (χ1) is 33.8. The summed E-state index contributed by atoms with van der Waals surface area (Å²) in [5.41, 5.74) is 11.5. The summed E-state index contributed by atoms with van der Waals surface area (Å²) in [5.74, 6) is -15.7. The average Bonchev–Trinajstić information content (AvgIpc) is 3.80. The summed E-state index contributed by atoms with van der Waals surface area (Å²) in [4.78, 5) is 166. The van der Waals surface area contributed by atoms with Crippen LogP contribution in [0.1, 0.15) is 82.6 Å². The monoisotopic (exact) mass is 1040 g/mol. The van der Waals surface area contributed by atoms with Gasteiger partial charge in [0.1, 0.15) is 48.0 Å². The molecule has 1 fully saturated rings. The zero-order valence-electron chi connectivity index (χ0n) is 39.0. The lowest BCUT2D eigenvalue weighted by molar-refractivity contribution is -0.144. The van der Waals surface area contributed by atoms with Gasteiger partial charge in [0.05, 0.1) is 12.5 Å². The molecular weight excluding hydrogens is 979 g/mol. The van der Waals surface area contributed by atoms with Gasteiger partial charge in [-0.05, 0) is 74.7 Å². The van der Waals surface area contributed by atoms with Crippen molar-refractivity contribution in [3.8, 4) is 5.75 Å². The van der Waals surface area contributed by atoms with Crippen LogP contribution in [0.25, 0.3) is 0 Å². The van der Waals surface area contributed by atoms with Crippen LogP contribution in [-0.4, -0.2) is 180 Å². The molecule has 0 aromatic heterocycles. The summed E-state index contributed by atoms with van der Waals surface area (Å²) < 4.78 is 0. The number of benzene rings is 1. The van der Waals surface area contributed by atoms with E-state index in [1.54, 1.807) is 6.26 Å². The normalized spacial score (nSPS) is 15.9. The number of thioether (sulfide) groups is 1. The lowest BCUT2D eigenvalue weighted by atomic mass is 10.0. The van der Waals surface area contributed by atoms with Crippen LogP contribution in [0.15, 0.2) is 24.3 Å². The Balaban J connectivity index is 2.46. The van der Waals surface area contributed by atoms with Crippen LogP contribution in [0.2, 0.25) is 0 Å². The lowest BCUT2D eigenvalue weighted by Crippen LogP contribution is -2.60. The SMILES string of the molecule is CSCC[C@H](N)C(=O)N[C@@H](CC(=O)O)C(=O)N[C@@H](Cc1ccc(O)cc1)C(=O)N[C@@H](CCC(=O)O)C(=O)N1CCC[C@H]1C(=O)N[C@@H](CCC(=O)O)C(=O)N[C@@H](CCC(N)=O)C(=O)N[C@@H](CCC(=O)O)C(=O)O. The van der Waals surface area contributed by atoms with Crippen molar-refractivity contribution in [2.24, 2.45) is 11.5 Å². The van der Waals surface area contributed by atoms with Crippen molar-refractivity contribution in [2.45, 2.75) is 132 Å². The van der Waals surface area contributed by atoms with Crippen LogP contribution in [0.4, 0.5) is 0 Å². The van der Waals surface area contributed by atoms with Gasteiger partial charge in [-0.1, -0.05) is 12.1 Å². The fourth-order valence-electron chi connectivity index (χ4n) is 7.12. The van der Waals surface area contributed by atoms with Crippen LogP contribution in [0.3, 0.4) is 0 Å². The van der Waals surface area contributed by atoms with Crippen LogP contribution >= 0.6 is 11.8 Å². The second-order valence-electron chi connectivity index (χ2n) is 16.6. The minimum absolute atomic E-state index is 0.0852. The Morgan fingerprint density at radius 2 is 1.06 bits per heavy atom. The summed E-state index contributed by atoms with van der Waals surface area (Å²) >= 11 is 1.38. The third-order valence-electron chi connectivity index (χ3n) is 10.9. The van der Waals surface area contributed by atoms with Crippen LogP contribution in [0.5, 0.6) is 5.75 Å². The van der Waals surface area contributed by atoms with Gasteiger partial charge in [0.25, 0.3) is 0 Å². The van der Waals surface area contributed by atoms with E-state index >= 15 is 0 Å². The number of carboxylic acids is 5. The second kappa shape index (κ2) is 30.2. The topological polar surface area (TPSA) is 471 Å². The molecule has 1 heterocycles. The Hall–Kier alpha value is -7.56. The van der Waals surface area contributed by atoms with E-state index in [0.717, 1.165) is 4.90 Å². The zero-order valence-corrected chi connectivity index (χ0v) is 39.9. The van der Waals surface area contributed by atoms with Crippen LogP contribution in [-0.2, 0) is 68.7 Å². The van der Waals surface area contributed by atoms with Gasteiger partial charge in [-0.2, -0.15) is 11.8 Å². The van der Waals surface area contributed by atoms with E-state index in [1.165, 1.54) is 36.0 Å². The highest BCUT2D eigenvalue weighted by molar-refractivity contribution is 7.98. The highest BCUT2D eigenvalue weighted by Crippen LogP contribution is 2.21. The Morgan fingerprint density at radius 1 is 0.597 bits per heavy atom. The summed E-state index contributed by atoms with van der Waals surface area (Å²) in [5, 5.41) is 70.6. The minimum atomic E-state index is -1.77. The first kappa shape index (κ1) is 60.6. The van der Waals surface area contributed by atoms with E-state index in [4.69, 9.17) is 16.6 Å². The van der Waals surface area contributed by atoms with Gasteiger partial charge in [0.2, 0.25) is 47.3 Å². The summed E-state index contributed by atoms with van der Waals surface area (Å²) in [7, 11) is 0. The van der Waals surface area contributed by atoms with Crippen molar-refractivity contribution in [3.05, 3.63) is 29.8 Å². The minimum Gasteiger partial charge on any atom is -0.508 e. The number of amides is 8. The van der Waals surface area contributed by atoms with Gasteiger partial charge < -0.3 is 78.9 Å². The molecule has 72 heavy (non-hydrogen) atoms. The second-order valence-corrected chi connectivity index (χ2v) is 17.5. The highest BCUT2D eigenvalue weighted by atomic mass is 32.2. The van der Waals surface area contributed by atoms with E-state index in [0.29, 0.717) is 11.3 Å². The van der Waals surface area contributed by atoms with E-state index in [2.05, 4.69) is 31.9 Å². The number of carbonyl (C=O) groups excluding carboxylic acids is 8. The first-order valence-corrected chi connectivity index (χ1v) is 23.8. The lowest BCUT2D eigenvalue weighted by Gasteiger charge is -2.31. The molecule has 0 bridgehead atoms. The van der Waals surface area contributed by atoms with Crippen molar-refractivity contribution in [1.29, 1.82) is 0 Å². The molecule has 1 saturated heterocycles. The molecule has 8 atom stereocenters. The van der Waals surface area contributed by atoms with Gasteiger partial charge >= 0.3 is 29.8 Å². The molecule has 28 nitrogen and oxygen atoms in total. The number of carboxylic acid groups (broad SMARTS) is 5. The maximum Gasteiger partial charge on any atom is 0.326 e. The van der Waals surface area contributed by atoms with Crippen molar-refractivity contribution in [3.63, 3.8) is 0 Å². The van der Waals surface area contributed by atoms with Crippen molar-refractivity contribution in [1.82, 2.24) is 36.8 Å². The molecule has 398 valence electrons. The summed E-state index contributed by atoms with van der Waals surface area (Å²) in [6, 6.07) is -7.75. The average molecular weight is 1040 g/mol. The van der Waals surface area contributed by atoms with E-state index in [-0.39, 0.29) is 38.0 Å². The molecule has 0 aliphatic carbocycles. The number of phenols is 1. The van der Waals surface area contributed by atoms with E-state index < -0.39 is 183 Å². The third kappa shape index (κ3) is 21.6. The molecule has 2 rings (SSSR count). The van der Waals surface area contributed by atoms with Crippen molar-refractivity contribution < 1.29 is 93.0 Å². The fraction of sp³-hybridized carbons (Fsp3) is 0.558. The Labute approximate surface area is 415 Å². The zero-order chi connectivity index (χ0) is 54.2. The summed E-state index contributed by atoms with van der Waals surface area (Å²) in [6.07, 6.45) is -4.37. The summed E-state index contributed by atoms with van der Waals surface area (Å²) in [6.45, 7) is -0.173. The molecule has 1 aliphatic rings. The smallest absolute Gasteiger partial charge is 0.326 e. The fourth-order valence-corrected chi connectivity index (χ4v) is 7.61. The van der Waals surface area contributed by atoms with Crippen LogP contribution < -0.4 is 43.4 Å². The number of aliphatic carboxylic acids is 5. The number of carbonyl (C=O) groups is 13. The van der Waals surface area contributed by atoms with Crippen molar-refractivity contribution in [2.75, 3.05) is 18.6 Å². The standard InChI is InChI=1S/C43H61N9O19S/c1-72-18-16-23(44)36(63)50-29(20-35(61)62)40(67)51-28(19-21-4-6-22(53)7-5-21)39(66)48-26(10-14-33(57)58)42(69)52-17-2-3-30(52)41(68)47-25(9-13-32(55)56)37(64)46-24(8-12-31(45)54)38(65)49-27(43(70)71)11-15-34(59)60/h4-7,23-30,53H,2-3,8-20,44H2,1H3,(H2,45,54)(H,46,64)(H,47,68)(H,48,66)(H,49,65)(H,50,63)(H,51,67)(H,55,56)(H,57,58)(H,59,60)(H,61,62)(H,70,71)/t23-,24-,25-,26-,27-,28-,29-,30-/m0/s1. The predicted octanol–water partition coefficient (Wildman–Crippen LogP) is -3.67. The van der Waals surface area contributed by atoms with Crippen molar-refractivity contribution >= 4 is 88.9 Å².